The van der Waals surface area contributed by atoms with E-state index in [9.17, 15) is 0 Å². The molecule has 0 atom stereocenters. The van der Waals surface area contributed by atoms with Crippen molar-refractivity contribution in [3.63, 3.8) is 0 Å². The Morgan fingerprint density at radius 2 is 0.677 bits per heavy atom. The Kier molecular flexibility index (Phi) is 7.64. The van der Waals surface area contributed by atoms with Crippen LogP contribution in [0, 0.1) is 0 Å². The van der Waals surface area contributed by atoms with Gasteiger partial charge in [0.1, 0.15) is 11.2 Å². The van der Waals surface area contributed by atoms with Crippen molar-refractivity contribution in [2.24, 2.45) is 0 Å². The molecule has 0 radical (unpaired) electrons. The van der Waals surface area contributed by atoms with E-state index in [2.05, 4.69) is 229 Å². The first kappa shape index (κ1) is 34.6. The normalized spacial score (nSPS) is 11.9. The summed E-state index contributed by atoms with van der Waals surface area (Å²) in [5, 5.41) is 12.3. The molecule has 2 heterocycles. The number of rotatable bonds is 5. The third-order valence-electron chi connectivity index (χ3n) is 12.9. The van der Waals surface area contributed by atoms with Gasteiger partial charge in [-0.25, -0.2) is 0 Å². The summed E-state index contributed by atoms with van der Waals surface area (Å²) in [6.07, 6.45) is 0. The van der Waals surface area contributed by atoms with Gasteiger partial charge in [0.15, 0.2) is 0 Å². The van der Waals surface area contributed by atoms with E-state index in [1.807, 2.05) is 0 Å². The number of furan rings is 1. The SMILES string of the molecule is c1ccc(-c2cc(-c3ccccc3)c3oc4c(-c5ccc6c(c5)c5ccccc5n6-c5ccc6c7ccccc7c7ccccc7c6c5)cc(-c5ccccc5)cc4c3c2)cc1. The molecule has 288 valence electrons. The van der Waals surface area contributed by atoms with Crippen LogP contribution in [-0.2, 0) is 0 Å². The van der Waals surface area contributed by atoms with E-state index < -0.39 is 0 Å². The Labute approximate surface area is 358 Å². The van der Waals surface area contributed by atoms with E-state index in [-0.39, 0.29) is 0 Å². The Morgan fingerprint density at radius 3 is 1.26 bits per heavy atom. The van der Waals surface area contributed by atoms with Gasteiger partial charge in [0.2, 0.25) is 0 Å². The molecule has 0 spiro atoms. The molecule has 2 heteroatoms. The highest BCUT2D eigenvalue weighted by atomic mass is 16.3. The first-order valence-corrected chi connectivity index (χ1v) is 21.3. The molecule has 0 aliphatic heterocycles. The summed E-state index contributed by atoms with van der Waals surface area (Å²) in [4.78, 5) is 0. The molecule has 0 unspecified atom stereocenters. The topological polar surface area (TPSA) is 18.1 Å². The molecule has 0 saturated carbocycles. The van der Waals surface area contributed by atoms with Crippen molar-refractivity contribution in [2.45, 2.75) is 0 Å². The van der Waals surface area contributed by atoms with E-state index >= 15 is 0 Å². The van der Waals surface area contributed by atoms with Crippen LogP contribution >= 0.6 is 0 Å². The first-order valence-electron chi connectivity index (χ1n) is 21.3. The summed E-state index contributed by atoms with van der Waals surface area (Å²) < 4.78 is 9.62. The minimum atomic E-state index is 0.888. The lowest BCUT2D eigenvalue weighted by Crippen LogP contribution is -1.94. The Balaban J connectivity index is 1.07. The molecule has 0 amide bonds. The van der Waals surface area contributed by atoms with Crippen LogP contribution < -0.4 is 0 Å². The number of aromatic nitrogens is 1. The number of benzene rings is 11. The maximum absolute atomic E-state index is 7.18. The van der Waals surface area contributed by atoms with Crippen LogP contribution in [0.1, 0.15) is 0 Å². The lowest BCUT2D eigenvalue weighted by molar-refractivity contribution is 0.671. The molecule has 0 N–H and O–H groups in total. The van der Waals surface area contributed by atoms with Gasteiger partial charge in [0.05, 0.1) is 11.0 Å². The molecule has 11 aromatic carbocycles. The van der Waals surface area contributed by atoms with Crippen molar-refractivity contribution in [1.29, 1.82) is 0 Å². The Morgan fingerprint density at radius 1 is 0.242 bits per heavy atom. The lowest BCUT2D eigenvalue weighted by atomic mass is 9.93. The van der Waals surface area contributed by atoms with Gasteiger partial charge in [-0.15, -0.1) is 0 Å². The van der Waals surface area contributed by atoms with Crippen LogP contribution in [0.2, 0.25) is 0 Å². The molecule has 13 aromatic rings. The molecule has 2 aromatic heterocycles. The maximum atomic E-state index is 7.18. The second-order valence-electron chi connectivity index (χ2n) is 16.4. The second kappa shape index (κ2) is 13.7. The van der Waals surface area contributed by atoms with Gasteiger partial charge in [-0.1, -0.05) is 170 Å². The molecule has 13 rings (SSSR count). The molecular formula is C60H37NO. The van der Waals surface area contributed by atoms with E-state index in [0.717, 1.165) is 61.0 Å². The van der Waals surface area contributed by atoms with E-state index in [1.165, 1.54) is 65.3 Å². The van der Waals surface area contributed by atoms with Crippen LogP contribution in [0.5, 0.6) is 0 Å². The number of fused-ring (bicyclic) bond motifs is 12. The van der Waals surface area contributed by atoms with Crippen LogP contribution in [0.4, 0.5) is 0 Å². The van der Waals surface area contributed by atoms with Crippen molar-refractivity contribution in [3.8, 4) is 50.2 Å². The second-order valence-corrected chi connectivity index (χ2v) is 16.4. The molecule has 0 saturated heterocycles. The summed E-state index contributed by atoms with van der Waals surface area (Å²) >= 11 is 0. The molecule has 0 aliphatic rings. The molecular weight excluding hydrogens is 751 g/mol. The van der Waals surface area contributed by atoms with Gasteiger partial charge in [-0.2, -0.15) is 0 Å². The molecule has 62 heavy (non-hydrogen) atoms. The monoisotopic (exact) mass is 787 g/mol. The zero-order valence-electron chi connectivity index (χ0n) is 33.7. The summed E-state index contributed by atoms with van der Waals surface area (Å²) in [7, 11) is 0. The predicted molar refractivity (Wildman–Crippen MR) is 262 cm³/mol. The molecule has 0 aliphatic carbocycles. The van der Waals surface area contributed by atoms with E-state index in [4.69, 9.17) is 4.42 Å². The van der Waals surface area contributed by atoms with E-state index in [0.29, 0.717) is 0 Å². The van der Waals surface area contributed by atoms with Gasteiger partial charge in [-0.05, 0) is 120 Å². The van der Waals surface area contributed by atoms with Crippen molar-refractivity contribution < 1.29 is 4.42 Å². The predicted octanol–water partition coefficient (Wildman–Crippen LogP) is 16.8. The fourth-order valence-corrected chi connectivity index (χ4v) is 10.1. The van der Waals surface area contributed by atoms with Gasteiger partial charge in [0.25, 0.3) is 0 Å². The highest BCUT2D eigenvalue weighted by molar-refractivity contribution is 6.26. The fraction of sp³-hybridized carbons (Fsp3) is 0. The van der Waals surface area contributed by atoms with Crippen LogP contribution in [0.3, 0.4) is 0 Å². The summed E-state index contributed by atoms with van der Waals surface area (Å²) in [5.74, 6) is 0. The van der Waals surface area contributed by atoms with Crippen molar-refractivity contribution in [1.82, 2.24) is 4.57 Å². The summed E-state index contributed by atoms with van der Waals surface area (Å²) in [5.41, 5.74) is 14.3. The van der Waals surface area contributed by atoms with Crippen LogP contribution in [-0.4, -0.2) is 4.57 Å². The zero-order chi connectivity index (χ0) is 40.7. The highest BCUT2D eigenvalue weighted by Gasteiger charge is 2.21. The number of hydrogen-bond donors (Lipinski definition) is 0. The third kappa shape index (κ3) is 5.30. The Hall–Kier alpha value is -8.20. The fourth-order valence-electron chi connectivity index (χ4n) is 10.1. The average Bonchev–Trinajstić information content (AvgIpc) is 3.90. The maximum Gasteiger partial charge on any atom is 0.143 e. The van der Waals surface area contributed by atoms with Gasteiger partial charge >= 0.3 is 0 Å². The van der Waals surface area contributed by atoms with Crippen molar-refractivity contribution >= 4 is 76.1 Å². The van der Waals surface area contributed by atoms with Gasteiger partial charge in [-0.3, -0.25) is 0 Å². The smallest absolute Gasteiger partial charge is 0.143 e. The quantitative estimate of drug-likeness (QED) is 0.159. The molecule has 0 fully saturated rings. The van der Waals surface area contributed by atoms with Crippen molar-refractivity contribution in [2.75, 3.05) is 0 Å². The minimum Gasteiger partial charge on any atom is -0.455 e. The Bertz CT molecular complexity index is 3860. The lowest BCUT2D eigenvalue weighted by Gasteiger charge is -2.14. The molecule has 0 bridgehead atoms. The van der Waals surface area contributed by atoms with Gasteiger partial charge < -0.3 is 8.98 Å². The number of nitrogens with zero attached hydrogens (tertiary/aromatic N) is 1. The highest BCUT2D eigenvalue weighted by Crippen LogP contribution is 2.46. The van der Waals surface area contributed by atoms with E-state index in [1.54, 1.807) is 0 Å². The average molecular weight is 788 g/mol. The molecule has 2 nitrogen and oxygen atoms in total. The standard InChI is InChI=1S/C60H37NO/c1-4-16-38(17-5-1)42-33-51(40-20-8-3-9-21-40)59-55(35-42)56-36-43(39-18-6-2-7-19-39)34-52(60(56)62-59)41-28-31-58-54(32-41)50-26-14-15-27-57(50)61(58)44-29-30-49-47-24-11-10-22-45(47)46-23-12-13-25-48(46)53(49)37-44/h1-37H. The van der Waals surface area contributed by atoms with Crippen molar-refractivity contribution in [3.05, 3.63) is 224 Å². The number of para-hydroxylation sites is 1. The summed E-state index contributed by atoms with van der Waals surface area (Å²) in [6.45, 7) is 0. The third-order valence-corrected chi connectivity index (χ3v) is 12.9. The summed E-state index contributed by atoms with van der Waals surface area (Å²) in [6, 6.07) is 81.6. The first-order chi connectivity index (χ1) is 30.7. The number of hydrogen-bond acceptors (Lipinski definition) is 1. The zero-order valence-corrected chi connectivity index (χ0v) is 33.7. The largest absolute Gasteiger partial charge is 0.455 e. The minimum absolute atomic E-state index is 0.888. The van der Waals surface area contributed by atoms with Gasteiger partial charge in [0, 0.05) is 38.4 Å². The van der Waals surface area contributed by atoms with Crippen LogP contribution in [0.15, 0.2) is 229 Å². The van der Waals surface area contributed by atoms with Crippen LogP contribution in [0.25, 0.3) is 126 Å².